The van der Waals surface area contributed by atoms with E-state index in [0.717, 1.165) is 15.9 Å². The Hall–Kier alpha value is -3.61. The number of nitrogens with zero attached hydrogens (tertiary/aromatic N) is 2. The monoisotopic (exact) mass is 415 g/mol. The van der Waals surface area contributed by atoms with Crippen molar-refractivity contribution in [2.75, 3.05) is 6.61 Å². The number of ether oxygens (including phenoxy) is 1. The number of nitriles is 1. The predicted octanol–water partition coefficient (Wildman–Crippen LogP) is 3.42. The lowest BCUT2D eigenvalue weighted by atomic mass is 10.3. The number of carbonyl (C=O) groups is 1. The second-order valence-corrected chi connectivity index (χ2v) is 9.35. The highest BCUT2D eigenvalue weighted by Gasteiger charge is 2.28. The van der Waals surface area contributed by atoms with Crippen LogP contribution in [0.2, 0.25) is 0 Å². The smallest absolute Gasteiger partial charge is 0.352 e. The van der Waals surface area contributed by atoms with Gasteiger partial charge < -0.3 is 10.5 Å². The van der Waals surface area contributed by atoms with Crippen molar-refractivity contribution in [2.24, 2.45) is 10.5 Å². The van der Waals surface area contributed by atoms with E-state index in [-0.39, 0.29) is 18.0 Å². The topological polar surface area (TPSA) is 88.5 Å². The zero-order valence-corrected chi connectivity index (χ0v) is 17.5. The lowest BCUT2D eigenvalue weighted by Gasteiger charge is -2.27. The minimum atomic E-state index is -2.65. The molecule has 0 saturated carbocycles. The summed E-state index contributed by atoms with van der Waals surface area (Å²) in [6.45, 7) is 1.82. The summed E-state index contributed by atoms with van der Waals surface area (Å²) < 4.78 is 9.94. The minimum absolute atomic E-state index is 0.124. The molecule has 5 nitrogen and oxygen atoms in total. The maximum atomic E-state index is 12.3. The van der Waals surface area contributed by atoms with Crippen molar-refractivity contribution in [3.8, 4) is 6.07 Å². The van der Waals surface area contributed by atoms with Gasteiger partial charge in [0.05, 0.1) is 13.7 Å². The van der Waals surface area contributed by atoms with Crippen LogP contribution in [-0.2, 0) is 9.53 Å². The molecule has 0 aliphatic rings. The van der Waals surface area contributed by atoms with Crippen LogP contribution in [-0.4, -0.2) is 12.6 Å². The Morgan fingerprint density at radius 3 is 1.63 bits per heavy atom. The zero-order chi connectivity index (χ0) is 21.4. The second kappa shape index (κ2) is 9.73. The molecule has 3 aromatic rings. The number of hydrogen-bond acceptors (Lipinski definition) is 5. The lowest BCUT2D eigenvalue weighted by Crippen LogP contribution is -2.26. The molecule has 0 aliphatic carbocycles. The van der Waals surface area contributed by atoms with E-state index in [4.69, 9.17) is 15.2 Å². The number of esters is 1. The Kier molecular flexibility index (Phi) is 6.85. The maximum Gasteiger partial charge on any atom is 0.352 e. The van der Waals surface area contributed by atoms with E-state index >= 15 is 0 Å². The van der Waals surface area contributed by atoms with E-state index in [1.807, 2.05) is 97.1 Å². The van der Waals surface area contributed by atoms with Crippen molar-refractivity contribution in [2.45, 2.75) is 6.92 Å². The second-order valence-electron chi connectivity index (χ2n) is 6.33. The van der Waals surface area contributed by atoms with Gasteiger partial charge in [0, 0.05) is 15.9 Å². The molecule has 0 fully saturated rings. The molecule has 3 rings (SSSR count). The van der Waals surface area contributed by atoms with E-state index in [0.29, 0.717) is 0 Å². The predicted molar refractivity (Wildman–Crippen MR) is 121 cm³/mol. The Balaban J connectivity index is 2.45. The first-order chi connectivity index (χ1) is 14.6. The Morgan fingerprint density at radius 1 is 0.900 bits per heavy atom. The summed E-state index contributed by atoms with van der Waals surface area (Å²) in [6, 6.07) is 31.4. The third-order valence-electron chi connectivity index (χ3n) is 4.49. The van der Waals surface area contributed by atoms with Crippen LogP contribution in [0.25, 0.3) is 0 Å². The van der Waals surface area contributed by atoms with Crippen LogP contribution in [0.15, 0.2) is 107 Å². The SMILES string of the molecule is CCOC(=O)/C(C#N)=C(/N)N=P(c1ccccc1)(c1ccccc1)c1ccccc1. The molecule has 0 spiro atoms. The van der Waals surface area contributed by atoms with E-state index in [9.17, 15) is 10.1 Å². The largest absolute Gasteiger partial charge is 0.462 e. The fourth-order valence-corrected chi connectivity index (χ4v) is 6.65. The van der Waals surface area contributed by atoms with Gasteiger partial charge in [0.2, 0.25) is 0 Å². The Morgan fingerprint density at radius 2 is 1.30 bits per heavy atom. The fraction of sp³-hybridized carbons (Fsp3) is 0.0833. The molecule has 2 N–H and O–H groups in total. The van der Waals surface area contributed by atoms with Crippen molar-refractivity contribution in [3.63, 3.8) is 0 Å². The normalized spacial score (nSPS) is 11.7. The summed E-state index contributed by atoms with van der Waals surface area (Å²) in [5.41, 5.74) is 5.99. The highest BCUT2D eigenvalue weighted by atomic mass is 31.2. The molecule has 0 aliphatic heterocycles. The summed E-state index contributed by atoms with van der Waals surface area (Å²) >= 11 is 0. The first kappa shape index (κ1) is 21.1. The van der Waals surface area contributed by atoms with Gasteiger partial charge in [0.25, 0.3) is 0 Å². The molecular weight excluding hydrogens is 393 g/mol. The molecule has 0 radical (unpaired) electrons. The number of carbonyl (C=O) groups excluding carboxylic acids is 1. The molecule has 3 aromatic carbocycles. The number of rotatable bonds is 6. The standard InChI is InChI=1S/C24H22N3O2P/c1-2-29-24(28)22(18-25)23(26)27-30(19-12-6-3-7-13-19,20-14-8-4-9-15-20)21-16-10-5-11-17-21/h3-17H,2,26H2,1H3/b23-22-. The first-order valence-corrected chi connectivity index (χ1v) is 11.2. The molecule has 150 valence electrons. The molecule has 0 saturated heterocycles. The number of nitrogens with two attached hydrogens (primary N) is 1. The van der Waals surface area contributed by atoms with Gasteiger partial charge in [-0.25, -0.2) is 9.54 Å². The van der Waals surface area contributed by atoms with Gasteiger partial charge in [-0.2, -0.15) is 5.26 Å². The molecule has 0 unspecified atom stereocenters. The molecule has 30 heavy (non-hydrogen) atoms. The molecule has 0 amide bonds. The van der Waals surface area contributed by atoms with Crippen molar-refractivity contribution < 1.29 is 9.53 Å². The summed E-state index contributed by atoms with van der Waals surface area (Å²) in [5.74, 6) is -0.894. The van der Waals surface area contributed by atoms with Gasteiger partial charge in [-0.05, 0) is 6.92 Å². The summed E-state index contributed by atoms with van der Waals surface area (Å²) in [6.07, 6.45) is 0. The molecule has 0 bridgehead atoms. The van der Waals surface area contributed by atoms with Crippen molar-refractivity contribution >= 4 is 28.9 Å². The number of hydrogen-bond donors (Lipinski definition) is 1. The summed E-state index contributed by atoms with van der Waals surface area (Å²) in [4.78, 5) is 12.3. The van der Waals surface area contributed by atoms with Gasteiger partial charge in [-0.3, -0.25) is 0 Å². The molecular formula is C24H22N3O2P. The quantitative estimate of drug-likeness (QED) is 0.289. The lowest BCUT2D eigenvalue weighted by molar-refractivity contribution is -0.138. The molecule has 6 heteroatoms. The van der Waals surface area contributed by atoms with Crippen LogP contribution in [0.1, 0.15) is 6.92 Å². The molecule has 0 atom stereocenters. The zero-order valence-electron chi connectivity index (χ0n) is 16.6. The van der Waals surface area contributed by atoms with Crippen molar-refractivity contribution in [1.82, 2.24) is 0 Å². The van der Waals surface area contributed by atoms with Crippen LogP contribution in [0, 0.1) is 11.3 Å². The van der Waals surface area contributed by atoms with Crippen LogP contribution < -0.4 is 21.6 Å². The average Bonchev–Trinajstić information content (AvgIpc) is 2.80. The number of benzene rings is 3. The molecule has 0 heterocycles. The van der Waals surface area contributed by atoms with Gasteiger partial charge in [0.1, 0.15) is 11.9 Å². The highest BCUT2D eigenvalue weighted by Crippen LogP contribution is 2.47. The van der Waals surface area contributed by atoms with E-state index in [1.54, 1.807) is 6.92 Å². The first-order valence-electron chi connectivity index (χ1n) is 9.49. The van der Waals surface area contributed by atoms with Crippen LogP contribution >= 0.6 is 7.05 Å². The van der Waals surface area contributed by atoms with Crippen LogP contribution in [0.3, 0.4) is 0 Å². The average molecular weight is 415 g/mol. The third-order valence-corrected chi connectivity index (χ3v) is 8.15. The van der Waals surface area contributed by atoms with Crippen LogP contribution in [0.5, 0.6) is 0 Å². The fourth-order valence-electron chi connectivity index (χ4n) is 3.17. The van der Waals surface area contributed by atoms with Crippen molar-refractivity contribution in [3.05, 3.63) is 102 Å². The molecule has 0 aromatic heterocycles. The van der Waals surface area contributed by atoms with Crippen LogP contribution in [0.4, 0.5) is 0 Å². The van der Waals surface area contributed by atoms with E-state index < -0.39 is 13.0 Å². The van der Waals surface area contributed by atoms with Gasteiger partial charge in [0.15, 0.2) is 5.57 Å². The highest BCUT2D eigenvalue weighted by molar-refractivity contribution is 7.87. The Labute approximate surface area is 176 Å². The van der Waals surface area contributed by atoms with E-state index in [1.165, 1.54) is 0 Å². The summed E-state index contributed by atoms with van der Waals surface area (Å²) in [5, 5.41) is 12.5. The maximum absolute atomic E-state index is 12.3. The minimum Gasteiger partial charge on any atom is -0.462 e. The van der Waals surface area contributed by atoms with Gasteiger partial charge >= 0.3 is 5.97 Å². The van der Waals surface area contributed by atoms with Crippen molar-refractivity contribution in [1.29, 1.82) is 5.26 Å². The Bertz CT molecular complexity index is 1030. The summed E-state index contributed by atoms with van der Waals surface area (Å²) in [7, 11) is -2.65. The van der Waals surface area contributed by atoms with E-state index in [2.05, 4.69) is 0 Å². The van der Waals surface area contributed by atoms with Gasteiger partial charge in [-0.15, -0.1) is 0 Å². The van der Waals surface area contributed by atoms with Gasteiger partial charge in [-0.1, -0.05) is 91.0 Å². The third kappa shape index (κ3) is 4.20.